The molecule has 0 spiro atoms. The molecule has 4 aromatic carbocycles. The summed E-state index contributed by atoms with van der Waals surface area (Å²) in [5.74, 6) is -0.425. The van der Waals surface area contributed by atoms with Gasteiger partial charge >= 0.3 is 5.97 Å². The van der Waals surface area contributed by atoms with Gasteiger partial charge in [0.1, 0.15) is 18.3 Å². The summed E-state index contributed by atoms with van der Waals surface area (Å²) in [6, 6.07) is 30.7. The van der Waals surface area contributed by atoms with E-state index in [2.05, 4.69) is 20.1 Å². The van der Waals surface area contributed by atoms with Gasteiger partial charge in [-0.1, -0.05) is 108 Å². The minimum absolute atomic E-state index is 0.0492. The van der Waals surface area contributed by atoms with E-state index < -0.39 is 0 Å². The number of halogens is 3. The molecule has 2 aromatic heterocycles. The van der Waals surface area contributed by atoms with E-state index in [1.165, 1.54) is 23.5 Å². The Morgan fingerprint density at radius 2 is 1.64 bits per heavy atom. The molecule has 9 nitrogen and oxygen atoms in total. The van der Waals surface area contributed by atoms with E-state index in [4.69, 9.17) is 39.5 Å². The third-order valence-electron chi connectivity index (χ3n) is 8.37. The molecule has 1 aliphatic rings. The number of carbonyl (C=O) groups is 2. The van der Waals surface area contributed by atoms with Gasteiger partial charge in [0.15, 0.2) is 5.78 Å². The second-order valence-corrected chi connectivity index (χ2v) is 13.1. The van der Waals surface area contributed by atoms with Crippen molar-refractivity contribution in [3.05, 3.63) is 166 Å². The number of ether oxygens (including phenoxy) is 1. The van der Waals surface area contributed by atoms with Crippen molar-refractivity contribution in [3.63, 3.8) is 0 Å². The third kappa shape index (κ3) is 9.75. The van der Waals surface area contributed by atoms with Crippen molar-refractivity contribution in [3.8, 4) is 0 Å². The number of esters is 1. The number of benzene rings is 4. The van der Waals surface area contributed by atoms with E-state index in [0.717, 1.165) is 33.7 Å². The lowest BCUT2D eigenvalue weighted by molar-refractivity contribution is 0.0512. The summed E-state index contributed by atoms with van der Waals surface area (Å²) in [6.45, 7) is 8.16. The van der Waals surface area contributed by atoms with Crippen LogP contribution in [0.3, 0.4) is 0 Å². The molecule has 0 aliphatic carbocycles. The average molecular weight is 768 g/mol. The SMILES string of the molecule is CC1=Nc2ccccc2C(=O)C1c1ccccc1C.CCOC(=O)c1cncn1[C@H](C)c1ccccc1.Cl/C(=C\n1cncn1)c1ccc(Cl)cc1Cl. The van der Waals surface area contributed by atoms with E-state index in [1.54, 1.807) is 37.7 Å². The molecule has 12 heteroatoms. The molecule has 3 heterocycles. The lowest BCUT2D eigenvalue weighted by Crippen LogP contribution is -2.24. The standard InChI is InChI=1S/C17H15NO.C14H16N2O2.C10H6Cl3N3/c1-11-7-3-4-8-13(11)16-12(2)18-15-10-6-5-9-14(15)17(16)19;1-3-18-14(17)13-9-15-10-16(13)11(2)12-7-5-4-6-8-12;11-7-1-2-8(9(12)3-7)10(13)4-16-6-14-5-15-16/h3-10,16H,1-2H3;4-11H,3H2,1-2H3;1-6H/b;;10-4-/t;11-;/m.1./s1. The zero-order valence-corrected chi connectivity index (χ0v) is 31.8. The Bertz CT molecular complexity index is 2230. The minimum atomic E-state index is -0.335. The number of fused-ring (bicyclic) bond motifs is 1. The fraction of sp³-hybridized carbons (Fsp3) is 0.171. The Labute approximate surface area is 323 Å². The quantitative estimate of drug-likeness (QED) is 0.150. The minimum Gasteiger partial charge on any atom is -0.461 e. The predicted molar refractivity (Wildman–Crippen MR) is 212 cm³/mol. The molecular formula is C41H37Cl3N6O3. The highest BCUT2D eigenvalue weighted by molar-refractivity contribution is 6.52. The van der Waals surface area contributed by atoms with Crippen LogP contribution in [0, 0.1) is 6.92 Å². The first-order valence-electron chi connectivity index (χ1n) is 16.7. The fourth-order valence-electron chi connectivity index (χ4n) is 5.68. The van der Waals surface area contributed by atoms with Crippen molar-refractivity contribution in [1.82, 2.24) is 24.3 Å². The van der Waals surface area contributed by atoms with Gasteiger partial charge in [0.2, 0.25) is 0 Å². The molecule has 0 amide bonds. The molecule has 270 valence electrons. The van der Waals surface area contributed by atoms with Crippen LogP contribution in [0.2, 0.25) is 10.0 Å². The molecule has 0 fully saturated rings. The van der Waals surface area contributed by atoms with Crippen LogP contribution in [-0.2, 0) is 4.74 Å². The van der Waals surface area contributed by atoms with E-state index >= 15 is 0 Å². The Morgan fingerprint density at radius 1 is 0.925 bits per heavy atom. The van der Waals surface area contributed by atoms with Gasteiger partial charge in [-0.2, -0.15) is 5.10 Å². The number of para-hydroxylation sites is 1. The lowest BCUT2D eigenvalue weighted by atomic mass is 9.83. The zero-order chi connectivity index (χ0) is 37.9. The van der Waals surface area contributed by atoms with Crippen LogP contribution in [0.5, 0.6) is 0 Å². The maximum Gasteiger partial charge on any atom is 0.356 e. The molecule has 0 bridgehead atoms. The summed E-state index contributed by atoms with van der Waals surface area (Å²) in [5.41, 5.74) is 6.88. The van der Waals surface area contributed by atoms with Crippen molar-refractivity contribution in [2.45, 2.75) is 39.7 Å². The number of Topliss-reactive ketones (excluding diaryl/α,β-unsaturated/α-hetero) is 1. The number of ketones is 1. The Morgan fingerprint density at radius 3 is 2.34 bits per heavy atom. The summed E-state index contributed by atoms with van der Waals surface area (Å²) in [4.78, 5) is 36.9. The topological polar surface area (TPSA) is 104 Å². The van der Waals surface area contributed by atoms with E-state index in [1.807, 2.05) is 104 Å². The largest absolute Gasteiger partial charge is 0.461 e. The monoisotopic (exact) mass is 766 g/mol. The molecule has 0 N–H and O–H groups in total. The van der Waals surface area contributed by atoms with E-state index in [0.29, 0.717) is 32.9 Å². The Balaban J connectivity index is 0.000000154. The normalized spacial score (nSPS) is 14.1. The molecule has 0 saturated carbocycles. The van der Waals surface area contributed by atoms with Gasteiger partial charge in [-0.05, 0) is 68.7 Å². The number of nitrogens with zero attached hydrogens (tertiary/aromatic N) is 6. The first-order chi connectivity index (χ1) is 25.6. The van der Waals surface area contributed by atoms with E-state index in [-0.39, 0.29) is 23.7 Å². The van der Waals surface area contributed by atoms with Gasteiger partial charge in [0.05, 0.1) is 46.8 Å². The fourth-order valence-corrected chi connectivity index (χ4v) is 6.50. The molecule has 2 atom stereocenters. The van der Waals surface area contributed by atoms with Crippen molar-refractivity contribution >= 4 is 69.2 Å². The van der Waals surface area contributed by atoms with Gasteiger partial charge in [0, 0.05) is 28.1 Å². The number of rotatable bonds is 7. The second-order valence-electron chi connectivity index (χ2n) is 11.9. The van der Waals surface area contributed by atoms with Gasteiger partial charge in [-0.15, -0.1) is 0 Å². The number of aryl methyl sites for hydroxylation is 1. The number of aromatic nitrogens is 5. The van der Waals surface area contributed by atoms with Crippen LogP contribution in [0.1, 0.15) is 75.8 Å². The number of aliphatic imine (C=N–C) groups is 1. The van der Waals surface area contributed by atoms with Crippen molar-refractivity contribution in [1.29, 1.82) is 0 Å². The van der Waals surface area contributed by atoms with Gasteiger partial charge in [0.25, 0.3) is 0 Å². The van der Waals surface area contributed by atoms with Gasteiger partial charge < -0.3 is 9.30 Å². The van der Waals surface area contributed by atoms with Gasteiger partial charge in [-0.3, -0.25) is 9.79 Å². The highest BCUT2D eigenvalue weighted by Crippen LogP contribution is 2.35. The molecule has 53 heavy (non-hydrogen) atoms. The summed E-state index contributed by atoms with van der Waals surface area (Å²) >= 11 is 17.9. The number of hydrogen-bond donors (Lipinski definition) is 0. The first kappa shape index (κ1) is 38.9. The van der Waals surface area contributed by atoms with Crippen molar-refractivity contribution < 1.29 is 14.3 Å². The number of carbonyl (C=O) groups excluding carboxylic acids is 2. The first-order valence-corrected chi connectivity index (χ1v) is 17.9. The second kappa shape index (κ2) is 18.4. The van der Waals surface area contributed by atoms with Crippen LogP contribution >= 0.6 is 34.8 Å². The maximum atomic E-state index is 12.7. The third-order valence-corrected chi connectivity index (χ3v) is 9.22. The van der Waals surface area contributed by atoms with Crippen LogP contribution in [0.15, 0.2) is 127 Å². The van der Waals surface area contributed by atoms with Gasteiger partial charge in [-0.25, -0.2) is 19.4 Å². The zero-order valence-electron chi connectivity index (χ0n) is 29.5. The van der Waals surface area contributed by atoms with Crippen molar-refractivity contribution in [2.24, 2.45) is 4.99 Å². The predicted octanol–water partition coefficient (Wildman–Crippen LogP) is 10.5. The van der Waals surface area contributed by atoms with E-state index in [9.17, 15) is 9.59 Å². The molecule has 0 saturated heterocycles. The number of imidazole rings is 1. The molecular weight excluding hydrogens is 731 g/mol. The summed E-state index contributed by atoms with van der Waals surface area (Å²) in [7, 11) is 0. The maximum absolute atomic E-state index is 12.7. The molecule has 1 aliphatic heterocycles. The average Bonchev–Trinajstić information content (AvgIpc) is 3.86. The van der Waals surface area contributed by atoms with Crippen LogP contribution in [-0.4, -0.2) is 48.4 Å². The molecule has 1 unspecified atom stereocenters. The van der Waals surface area contributed by atoms with Crippen molar-refractivity contribution in [2.75, 3.05) is 6.61 Å². The van der Waals surface area contributed by atoms with Crippen LogP contribution < -0.4 is 0 Å². The van der Waals surface area contributed by atoms with Crippen LogP contribution in [0.25, 0.3) is 11.2 Å². The van der Waals surface area contributed by atoms with Crippen LogP contribution in [0.4, 0.5) is 5.69 Å². The molecule has 0 radical (unpaired) electrons. The highest BCUT2D eigenvalue weighted by atomic mass is 35.5. The summed E-state index contributed by atoms with van der Waals surface area (Å²) < 4.78 is 8.33. The lowest BCUT2D eigenvalue weighted by Gasteiger charge is -2.23. The Hall–Kier alpha value is -5.35. The Kier molecular flexibility index (Phi) is 13.5. The molecule has 7 rings (SSSR count). The highest BCUT2D eigenvalue weighted by Gasteiger charge is 2.31. The smallest absolute Gasteiger partial charge is 0.356 e. The summed E-state index contributed by atoms with van der Waals surface area (Å²) in [6.07, 6.45) is 7.77. The summed E-state index contributed by atoms with van der Waals surface area (Å²) in [5, 5.41) is 5.43. The number of hydrogen-bond acceptors (Lipinski definition) is 7. The molecule has 6 aromatic rings.